The zero-order valence-electron chi connectivity index (χ0n) is 11.8. The van der Waals surface area contributed by atoms with Gasteiger partial charge in [-0.25, -0.2) is 9.61 Å². The van der Waals surface area contributed by atoms with Crippen molar-refractivity contribution in [3.63, 3.8) is 0 Å². The molecular weight excluding hydrogens is 316 g/mol. The van der Waals surface area contributed by atoms with Crippen molar-refractivity contribution in [3.05, 3.63) is 28.8 Å². The molecule has 23 heavy (non-hydrogen) atoms. The van der Waals surface area contributed by atoms with Crippen molar-refractivity contribution in [3.8, 4) is 27.7 Å². The largest absolute Gasteiger partial charge is 0.482 e. The van der Waals surface area contributed by atoms with Crippen LogP contribution < -0.4 is 10.1 Å². The number of ether oxygens (including phenoxy) is 1. The third-order valence-electron chi connectivity index (χ3n) is 3.93. The van der Waals surface area contributed by atoms with Crippen molar-refractivity contribution >= 4 is 22.9 Å². The fraction of sp³-hybridized carbons (Fsp3) is 0.200. The lowest BCUT2D eigenvalue weighted by Crippen LogP contribution is -2.25. The Kier molecular flexibility index (Phi) is 2.57. The molecule has 0 atom stereocenters. The minimum atomic E-state index is -0.147. The third-order valence-corrected chi connectivity index (χ3v) is 5.09. The van der Waals surface area contributed by atoms with Crippen LogP contribution >= 0.6 is 11.3 Å². The molecule has 2 aliphatic rings. The fourth-order valence-electron chi connectivity index (χ4n) is 2.83. The second-order valence-corrected chi connectivity index (χ2v) is 6.48. The Hall–Kier alpha value is -2.74. The molecule has 1 N–H and O–H groups in total. The Bertz CT molecular complexity index is 946. The quantitative estimate of drug-likeness (QED) is 0.738. The molecule has 5 rings (SSSR count). The number of thiazole rings is 1. The van der Waals surface area contributed by atoms with Crippen molar-refractivity contribution in [2.75, 3.05) is 11.9 Å². The average Bonchev–Trinajstić information content (AvgIpc) is 3.19. The van der Waals surface area contributed by atoms with Crippen LogP contribution in [0.1, 0.15) is 10.6 Å². The Morgan fingerprint density at radius 3 is 3.09 bits per heavy atom. The van der Waals surface area contributed by atoms with E-state index >= 15 is 0 Å². The van der Waals surface area contributed by atoms with Crippen LogP contribution in [0, 0.1) is 0 Å². The molecule has 1 amide bonds. The highest BCUT2D eigenvalue weighted by Crippen LogP contribution is 2.40. The number of amides is 1. The van der Waals surface area contributed by atoms with Crippen molar-refractivity contribution in [1.82, 2.24) is 15.3 Å². The summed E-state index contributed by atoms with van der Waals surface area (Å²) in [6.45, 7) is 0.0554. The van der Waals surface area contributed by atoms with Gasteiger partial charge in [-0.2, -0.15) is 0 Å². The van der Waals surface area contributed by atoms with E-state index in [0.29, 0.717) is 11.4 Å². The SMILES string of the molecule is O=C1COc2ccc(-c3nc4c(s3)CCc3nonc3-4)cc2N1. The van der Waals surface area contributed by atoms with Crippen LogP contribution in [0.15, 0.2) is 22.8 Å². The smallest absolute Gasteiger partial charge is 0.262 e. The minimum absolute atomic E-state index is 0.0554. The number of anilines is 1. The molecule has 8 heteroatoms. The maximum Gasteiger partial charge on any atom is 0.262 e. The summed E-state index contributed by atoms with van der Waals surface area (Å²) >= 11 is 1.63. The summed E-state index contributed by atoms with van der Waals surface area (Å²) < 4.78 is 10.2. The first-order chi connectivity index (χ1) is 11.3. The number of nitrogens with zero attached hydrogens (tertiary/aromatic N) is 3. The van der Waals surface area contributed by atoms with E-state index in [9.17, 15) is 4.79 Å². The molecule has 3 heterocycles. The molecule has 0 radical (unpaired) electrons. The monoisotopic (exact) mass is 326 g/mol. The number of fused-ring (bicyclic) bond motifs is 4. The maximum atomic E-state index is 11.5. The van der Waals surface area contributed by atoms with Gasteiger partial charge in [0.25, 0.3) is 5.91 Å². The van der Waals surface area contributed by atoms with Gasteiger partial charge in [0.05, 0.1) is 5.69 Å². The standard InChI is InChI=1S/C15H10N4O3S/c20-12-6-21-10-3-1-7(5-9(10)16-12)15-17-14-11(23-15)4-2-8-13(14)19-22-18-8/h1,3,5H,2,4,6H2,(H,16,20). The molecule has 0 spiro atoms. The molecule has 1 aromatic carbocycles. The molecule has 0 unspecified atom stereocenters. The van der Waals surface area contributed by atoms with Crippen molar-refractivity contribution < 1.29 is 14.2 Å². The van der Waals surface area contributed by atoms with E-state index in [1.165, 1.54) is 4.88 Å². The second kappa shape index (κ2) is 4.63. The number of hydrogen-bond donors (Lipinski definition) is 1. The summed E-state index contributed by atoms with van der Waals surface area (Å²) in [5.41, 5.74) is 4.07. The van der Waals surface area contributed by atoms with Crippen LogP contribution in [0.5, 0.6) is 5.75 Å². The summed E-state index contributed by atoms with van der Waals surface area (Å²) in [5.74, 6) is 0.532. The first-order valence-corrected chi connectivity index (χ1v) is 7.98. The van der Waals surface area contributed by atoms with Gasteiger partial charge in [-0.05, 0) is 29.8 Å². The Morgan fingerprint density at radius 2 is 2.13 bits per heavy atom. The van der Waals surface area contributed by atoms with Crippen LogP contribution in [-0.2, 0) is 17.6 Å². The maximum absolute atomic E-state index is 11.5. The molecule has 1 aliphatic heterocycles. The Morgan fingerprint density at radius 1 is 1.17 bits per heavy atom. The van der Waals surface area contributed by atoms with Gasteiger partial charge < -0.3 is 10.1 Å². The number of aryl methyl sites for hydroxylation is 2. The van der Waals surface area contributed by atoms with E-state index < -0.39 is 0 Å². The van der Waals surface area contributed by atoms with E-state index in [2.05, 4.69) is 15.6 Å². The highest BCUT2D eigenvalue weighted by Gasteiger charge is 2.26. The predicted molar refractivity (Wildman–Crippen MR) is 82.4 cm³/mol. The van der Waals surface area contributed by atoms with Crippen LogP contribution in [-0.4, -0.2) is 27.8 Å². The predicted octanol–water partition coefficient (Wildman–Crippen LogP) is 2.29. The number of rotatable bonds is 1. The molecule has 0 saturated heterocycles. The molecule has 3 aromatic rings. The Balaban J connectivity index is 1.59. The normalized spacial score (nSPS) is 15.2. The van der Waals surface area contributed by atoms with E-state index in [1.807, 2.05) is 18.2 Å². The van der Waals surface area contributed by atoms with Crippen LogP contribution in [0.3, 0.4) is 0 Å². The van der Waals surface area contributed by atoms with E-state index in [0.717, 1.165) is 40.5 Å². The Labute approximate surface area is 134 Å². The number of benzene rings is 1. The molecule has 2 aromatic heterocycles. The number of aromatic nitrogens is 3. The minimum Gasteiger partial charge on any atom is -0.482 e. The summed E-state index contributed by atoms with van der Waals surface area (Å²) in [6, 6.07) is 5.69. The first-order valence-electron chi connectivity index (χ1n) is 7.16. The molecular formula is C15H10N4O3S. The van der Waals surface area contributed by atoms with Crippen LogP contribution in [0.4, 0.5) is 5.69 Å². The van der Waals surface area contributed by atoms with E-state index in [1.54, 1.807) is 11.3 Å². The number of hydrogen-bond acceptors (Lipinski definition) is 7. The van der Waals surface area contributed by atoms with Crippen LogP contribution in [0.25, 0.3) is 22.0 Å². The van der Waals surface area contributed by atoms with Gasteiger partial charge in [0.15, 0.2) is 12.3 Å². The zero-order valence-corrected chi connectivity index (χ0v) is 12.6. The number of carbonyl (C=O) groups excluding carboxylic acids is 1. The molecule has 7 nitrogen and oxygen atoms in total. The summed E-state index contributed by atoms with van der Waals surface area (Å²) in [7, 11) is 0. The third kappa shape index (κ3) is 1.95. The molecule has 0 fully saturated rings. The average molecular weight is 326 g/mol. The van der Waals surface area contributed by atoms with Gasteiger partial charge in [0.2, 0.25) is 0 Å². The zero-order chi connectivity index (χ0) is 15.4. The summed E-state index contributed by atoms with van der Waals surface area (Å²) in [6.07, 6.45) is 1.71. The van der Waals surface area contributed by atoms with Gasteiger partial charge in [0.1, 0.15) is 22.1 Å². The van der Waals surface area contributed by atoms with Crippen LogP contribution in [0.2, 0.25) is 0 Å². The molecule has 0 saturated carbocycles. The summed E-state index contributed by atoms with van der Waals surface area (Å²) in [4.78, 5) is 17.4. The van der Waals surface area contributed by atoms with Gasteiger partial charge in [0, 0.05) is 16.9 Å². The van der Waals surface area contributed by atoms with Crippen molar-refractivity contribution in [1.29, 1.82) is 0 Å². The van der Waals surface area contributed by atoms with Gasteiger partial charge in [-0.3, -0.25) is 4.79 Å². The van der Waals surface area contributed by atoms with Crippen molar-refractivity contribution in [2.45, 2.75) is 12.8 Å². The molecule has 114 valence electrons. The second-order valence-electron chi connectivity index (χ2n) is 5.40. The highest BCUT2D eigenvalue weighted by atomic mass is 32.1. The number of nitrogens with one attached hydrogen (secondary N) is 1. The van der Waals surface area contributed by atoms with Gasteiger partial charge >= 0.3 is 0 Å². The first kappa shape index (κ1) is 12.8. The lowest BCUT2D eigenvalue weighted by atomic mass is 10.0. The van der Waals surface area contributed by atoms with E-state index in [4.69, 9.17) is 14.3 Å². The van der Waals surface area contributed by atoms with Gasteiger partial charge in [-0.1, -0.05) is 5.16 Å². The number of carbonyl (C=O) groups is 1. The highest BCUT2D eigenvalue weighted by molar-refractivity contribution is 7.15. The fourth-order valence-corrected chi connectivity index (χ4v) is 3.89. The molecule has 1 aliphatic carbocycles. The topological polar surface area (TPSA) is 90.1 Å². The van der Waals surface area contributed by atoms with Gasteiger partial charge in [-0.15, -0.1) is 11.3 Å². The van der Waals surface area contributed by atoms with E-state index in [-0.39, 0.29) is 12.5 Å². The molecule has 0 bridgehead atoms. The van der Waals surface area contributed by atoms with Crippen molar-refractivity contribution in [2.24, 2.45) is 0 Å². The summed E-state index contributed by atoms with van der Waals surface area (Å²) in [5, 5.41) is 11.6. The lowest BCUT2D eigenvalue weighted by molar-refractivity contribution is -0.118. The lowest BCUT2D eigenvalue weighted by Gasteiger charge is -2.18.